The number of hydrogen-bond acceptors (Lipinski definition) is 3. The molecule has 2 aliphatic rings. The number of phenols is 1. The highest BCUT2D eigenvalue weighted by molar-refractivity contribution is 5.74. The minimum atomic E-state index is -0.0875. The molecule has 1 saturated carbocycles. The Balaban J connectivity index is 1.52. The summed E-state index contributed by atoms with van der Waals surface area (Å²) in [6.45, 7) is 4.03. The van der Waals surface area contributed by atoms with Crippen LogP contribution in [0.4, 0.5) is 4.79 Å². The second kappa shape index (κ2) is 6.79. The van der Waals surface area contributed by atoms with E-state index in [1.54, 1.807) is 12.1 Å². The molecule has 1 aromatic carbocycles. The van der Waals surface area contributed by atoms with Gasteiger partial charge in [-0.2, -0.15) is 0 Å². The van der Waals surface area contributed by atoms with E-state index in [4.69, 9.17) is 4.74 Å². The molecule has 2 amide bonds. The van der Waals surface area contributed by atoms with Crippen LogP contribution in [0.25, 0.3) is 0 Å². The van der Waals surface area contributed by atoms with E-state index >= 15 is 0 Å². The number of urea groups is 1. The molecule has 1 atom stereocenters. The van der Waals surface area contributed by atoms with Crippen LogP contribution in [0.5, 0.6) is 5.75 Å². The van der Waals surface area contributed by atoms with E-state index in [0.29, 0.717) is 19.7 Å². The fourth-order valence-corrected chi connectivity index (χ4v) is 3.68. The van der Waals surface area contributed by atoms with Gasteiger partial charge in [-0.3, -0.25) is 0 Å². The van der Waals surface area contributed by atoms with Crippen LogP contribution >= 0.6 is 0 Å². The molecular weight excluding hydrogens is 292 g/mol. The maximum Gasteiger partial charge on any atom is 0.317 e. The van der Waals surface area contributed by atoms with E-state index in [1.165, 1.54) is 12.8 Å². The largest absolute Gasteiger partial charge is 0.508 e. The zero-order chi connectivity index (χ0) is 16.3. The Morgan fingerprint density at radius 3 is 2.74 bits per heavy atom. The van der Waals surface area contributed by atoms with E-state index in [0.717, 1.165) is 24.8 Å². The number of benzene rings is 1. The molecule has 126 valence electrons. The number of amides is 2. The van der Waals surface area contributed by atoms with Gasteiger partial charge in [-0.25, -0.2) is 4.79 Å². The molecule has 0 aromatic heterocycles. The molecule has 5 nitrogen and oxygen atoms in total. The monoisotopic (exact) mass is 318 g/mol. The van der Waals surface area contributed by atoms with Crippen molar-refractivity contribution >= 4 is 6.03 Å². The lowest BCUT2D eigenvalue weighted by molar-refractivity contribution is -0.0927. The first-order valence-electron chi connectivity index (χ1n) is 8.54. The van der Waals surface area contributed by atoms with Crippen molar-refractivity contribution < 1.29 is 14.6 Å². The molecule has 1 heterocycles. The van der Waals surface area contributed by atoms with Gasteiger partial charge >= 0.3 is 6.03 Å². The second-order valence-electron chi connectivity index (χ2n) is 6.88. The van der Waals surface area contributed by atoms with Crippen molar-refractivity contribution in [3.05, 3.63) is 29.8 Å². The summed E-state index contributed by atoms with van der Waals surface area (Å²) in [5, 5.41) is 12.4. The Morgan fingerprint density at radius 2 is 2.04 bits per heavy atom. The van der Waals surface area contributed by atoms with E-state index in [-0.39, 0.29) is 23.4 Å². The lowest BCUT2D eigenvalue weighted by Crippen LogP contribution is -2.56. The third kappa shape index (κ3) is 3.96. The summed E-state index contributed by atoms with van der Waals surface area (Å²) in [4.78, 5) is 14.4. The summed E-state index contributed by atoms with van der Waals surface area (Å²) in [6, 6.07) is 7.19. The van der Waals surface area contributed by atoms with Crippen molar-refractivity contribution in [2.24, 2.45) is 0 Å². The number of hydrogen-bond donors (Lipinski definition) is 2. The topological polar surface area (TPSA) is 61.8 Å². The number of nitrogens with zero attached hydrogens (tertiary/aromatic N) is 1. The summed E-state index contributed by atoms with van der Waals surface area (Å²) >= 11 is 0. The summed E-state index contributed by atoms with van der Waals surface area (Å²) in [5.74, 6) is 0.264. The average Bonchev–Trinajstić information content (AvgIpc) is 2.97. The molecule has 0 radical (unpaired) electrons. The van der Waals surface area contributed by atoms with Gasteiger partial charge in [0, 0.05) is 12.6 Å². The van der Waals surface area contributed by atoms with Gasteiger partial charge in [0.15, 0.2) is 0 Å². The van der Waals surface area contributed by atoms with Gasteiger partial charge in [0.2, 0.25) is 0 Å². The predicted octanol–water partition coefficient (Wildman–Crippen LogP) is 2.68. The van der Waals surface area contributed by atoms with Crippen molar-refractivity contribution in [2.75, 3.05) is 19.7 Å². The van der Waals surface area contributed by atoms with Gasteiger partial charge in [0.1, 0.15) is 5.75 Å². The van der Waals surface area contributed by atoms with Gasteiger partial charge < -0.3 is 20.1 Å². The molecule has 1 aromatic rings. The van der Waals surface area contributed by atoms with E-state index in [1.807, 2.05) is 24.0 Å². The van der Waals surface area contributed by atoms with Crippen LogP contribution in [0.3, 0.4) is 0 Å². The molecule has 5 heteroatoms. The fourth-order valence-electron chi connectivity index (χ4n) is 3.68. The van der Waals surface area contributed by atoms with Crippen LogP contribution in [0.2, 0.25) is 0 Å². The Bertz CT molecular complexity index is 538. The highest BCUT2D eigenvalue weighted by Gasteiger charge is 2.40. The summed E-state index contributed by atoms with van der Waals surface area (Å²) in [7, 11) is 0. The fraction of sp³-hybridized carbons (Fsp3) is 0.611. The lowest BCUT2D eigenvalue weighted by Gasteiger charge is -2.40. The number of carbonyl (C=O) groups excluding carboxylic acids is 1. The number of carbonyl (C=O) groups is 1. The molecular formula is C18H26N2O3. The first-order valence-corrected chi connectivity index (χ1v) is 8.54. The van der Waals surface area contributed by atoms with Gasteiger partial charge in [-0.1, -0.05) is 25.0 Å². The number of morpholine rings is 1. The van der Waals surface area contributed by atoms with Crippen LogP contribution in [-0.4, -0.2) is 47.4 Å². The Morgan fingerprint density at radius 1 is 1.35 bits per heavy atom. The summed E-state index contributed by atoms with van der Waals surface area (Å²) < 4.78 is 5.97. The van der Waals surface area contributed by atoms with Crippen molar-refractivity contribution in [1.82, 2.24) is 10.2 Å². The standard InChI is InChI=1S/C18H26N2O3/c1-14(12-15-4-6-16(21)7-5-15)19-17(22)20-10-11-23-18(13-20)8-2-3-9-18/h4-7,14,21H,2-3,8-13H2,1H3,(H,19,22). The zero-order valence-electron chi connectivity index (χ0n) is 13.8. The Labute approximate surface area is 137 Å². The van der Waals surface area contributed by atoms with Crippen LogP contribution < -0.4 is 5.32 Å². The van der Waals surface area contributed by atoms with Crippen molar-refractivity contribution in [2.45, 2.75) is 50.7 Å². The molecule has 1 spiro atoms. The molecule has 1 unspecified atom stereocenters. The third-order valence-electron chi connectivity index (χ3n) is 4.90. The quantitative estimate of drug-likeness (QED) is 0.901. The molecule has 2 N–H and O–H groups in total. The molecule has 3 rings (SSSR count). The number of aromatic hydroxyl groups is 1. The molecule has 23 heavy (non-hydrogen) atoms. The van der Waals surface area contributed by atoms with Gasteiger partial charge in [0.25, 0.3) is 0 Å². The van der Waals surface area contributed by atoms with E-state index < -0.39 is 0 Å². The van der Waals surface area contributed by atoms with Gasteiger partial charge in [0.05, 0.1) is 18.8 Å². The van der Waals surface area contributed by atoms with Gasteiger partial charge in [-0.05, 0) is 43.9 Å². The first-order chi connectivity index (χ1) is 11.1. The minimum absolute atomic E-state index is 0.00542. The Hall–Kier alpha value is -1.75. The zero-order valence-corrected chi connectivity index (χ0v) is 13.8. The number of nitrogens with one attached hydrogen (secondary N) is 1. The normalized spacial score (nSPS) is 21.3. The SMILES string of the molecule is CC(Cc1ccc(O)cc1)NC(=O)N1CCOC2(CCCC2)C1. The summed E-state index contributed by atoms with van der Waals surface area (Å²) in [6.07, 6.45) is 5.29. The lowest BCUT2D eigenvalue weighted by atomic mass is 10.00. The van der Waals surface area contributed by atoms with Crippen molar-refractivity contribution in [1.29, 1.82) is 0 Å². The average molecular weight is 318 g/mol. The van der Waals surface area contributed by atoms with Crippen molar-refractivity contribution in [3.8, 4) is 5.75 Å². The van der Waals surface area contributed by atoms with Crippen molar-refractivity contribution in [3.63, 3.8) is 0 Å². The van der Waals surface area contributed by atoms with Gasteiger partial charge in [-0.15, -0.1) is 0 Å². The van der Waals surface area contributed by atoms with Crippen LogP contribution in [0.1, 0.15) is 38.2 Å². The number of rotatable bonds is 3. The highest BCUT2D eigenvalue weighted by Crippen LogP contribution is 2.35. The van der Waals surface area contributed by atoms with E-state index in [2.05, 4.69) is 5.32 Å². The summed E-state index contributed by atoms with van der Waals surface area (Å²) in [5.41, 5.74) is 1.01. The first kappa shape index (κ1) is 16.1. The molecule has 1 aliphatic heterocycles. The molecule has 2 fully saturated rings. The predicted molar refractivity (Wildman–Crippen MR) is 88.5 cm³/mol. The second-order valence-corrected chi connectivity index (χ2v) is 6.88. The smallest absolute Gasteiger partial charge is 0.317 e. The minimum Gasteiger partial charge on any atom is -0.508 e. The maximum atomic E-state index is 12.5. The highest BCUT2D eigenvalue weighted by atomic mass is 16.5. The Kier molecular flexibility index (Phi) is 4.76. The van der Waals surface area contributed by atoms with Crippen LogP contribution in [-0.2, 0) is 11.2 Å². The third-order valence-corrected chi connectivity index (χ3v) is 4.90. The van der Waals surface area contributed by atoms with Crippen LogP contribution in [0, 0.1) is 0 Å². The molecule has 1 aliphatic carbocycles. The van der Waals surface area contributed by atoms with E-state index in [9.17, 15) is 9.90 Å². The number of ether oxygens (including phenoxy) is 1. The van der Waals surface area contributed by atoms with Crippen LogP contribution in [0.15, 0.2) is 24.3 Å². The molecule has 1 saturated heterocycles. The number of phenolic OH excluding ortho intramolecular Hbond substituents is 1. The molecule has 0 bridgehead atoms. The maximum absolute atomic E-state index is 12.5.